The van der Waals surface area contributed by atoms with Crippen LogP contribution in [0.1, 0.15) is 46.0 Å². The highest BCUT2D eigenvalue weighted by Gasteiger charge is 2.24. The normalized spacial score (nSPS) is 16.3. The van der Waals surface area contributed by atoms with Crippen LogP contribution in [0.5, 0.6) is 0 Å². The Kier molecular flexibility index (Phi) is 7.83. The molecule has 1 atom stereocenters. The van der Waals surface area contributed by atoms with Gasteiger partial charge >= 0.3 is 5.97 Å². The first kappa shape index (κ1) is 23.4. The molecule has 0 aliphatic carbocycles. The van der Waals surface area contributed by atoms with Crippen LogP contribution >= 0.6 is 11.6 Å². The molecule has 1 aliphatic rings. The highest BCUT2D eigenvalue weighted by molar-refractivity contribution is 7.89. The minimum Gasteiger partial charge on any atom is -0.454 e. The molecule has 1 saturated heterocycles. The number of nitrogens with one attached hydrogen (secondary N) is 1. The van der Waals surface area contributed by atoms with Crippen molar-refractivity contribution in [2.24, 2.45) is 0 Å². The molecule has 7 nitrogen and oxygen atoms in total. The molecule has 166 valence electrons. The number of Topliss-reactive ketones (excluding diaryl/α,β-unsaturated/α-hetero) is 1. The molecule has 2 aromatic rings. The summed E-state index contributed by atoms with van der Waals surface area (Å²) in [5.41, 5.74) is 1.51. The molecule has 1 unspecified atom stereocenters. The molecular formula is C22H24ClNO6S. The molecular weight excluding hydrogens is 442 g/mol. The van der Waals surface area contributed by atoms with Crippen LogP contribution in [0.4, 0.5) is 0 Å². The van der Waals surface area contributed by atoms with E-state index in [4.69, 9.17) is 21.1 Å². The summed E-state index contributed by atoms with van der Waals surface area (Å²) in [4.78, 5) is 24.4. The molecule has 0 saturated carbocycles. The Balaban J connectivity index is 1.65. The van der Waals surface area contributed by atoms with Gasteiger partial charge in [-0.1, -0.05) is 42.8 Å². The van der Waals surface area contributed by atoms with Crippen LogP contribution < -0.4 is 4.72 Å². The van der Waals surface area contributed by atoms with E-state index >= 15 is 0 Å². The average Bonchev–Trinajstić information content (AvgIpc) is 3.30. The third kappa shape index (κ3) is 6.13. The molecule has 2 aromatic carbocycles. The van der Waals surface area contributed by atoms with Crippen molar-refractivity contribution in [3.8, 4) is 0 Å². The van der Waals surface area contributed by atoms with E-state index in [-0.39, 0.29) is 33.9 Å². The Morgan fingerprint density at radius 1 is 1.16 bits per heavy atom. The van der Waals surface area contributed by atoms with E-state index in [1.54, 1.807) is 12.1 Å². The predicted molar refractivity (Wildman–Crippen MR) is 116 cm³/mol. The van der Waals surface area contributed by atoms with E-state index in [0.29, 0.717) is 12.2 Å². The fraction of sp³-hybridized carbons (Fsp3) is 0.364. The van der Waals surface area contributed by atoms with Gasteiger partial charge in [-0.05, 0) is 43.0 Å². The van der Waals surface area contributed by atoms with Crippen molar-refractivity contribution in [3.05, 3.63) is 64.2 Å². The van der Waals surface area contributed by atoms with Crippen molar-refractivity contribution in [2.75, 3.05) is 19.8 Å². The van der Waals surface area contributed by atoms with Gasteiger partial charge in [-0.15, -0.1) is 0 Å². The molecule has 0 radical (unpaired) electrons. The van der Waals surface area contributed by atoms with E-state index in [0.717, 1.165) is 30.9 Å². The summed E-state index contributed by atoms with van der Waals surface area (Å²) in [6, 6.07) is 10.9. The first-order valence-corrected chi connectivity index (χ1v) is 11.9. The molecule has 9 heteroatoms. The van der Waals surface area contributed by atoms with Gasteiger partial charge in [0, 0.05) is 18.7 Å². The second-order valence-electron chi connectivity index (χ2n) is 7.18. The first-order valence-electron chi connectivity index (χ1n) is 10.00. The maximum Gasteiger partial charge on any atom is 0.338 e. The van der Waals surface area contributed by atoms with Crippen molar-refractivity contribution in [2.45, 2.75) is 37.2 Å². The smallest absolute Gasteiger partial charge is 0.338 e. The number of esters is 1. The van der Waals surface area contributed by atoms with Gasteiger partial charge in [0.05, 0.1) is 16.7 Å². The SMILES string of the molecule is CCc1ccc(C(=O)COC(=O)c2ccc(Cl)c(S(=O)(=O)NCC3CCCO3)c2)cc1. The van der Waals surface area contributed by atoms with Crippen LogP contribution in [0.2, 0.25) is 5.02 Å². The number of carbonyl (C=O) groups is 2. The molecule has 1 N–H and O–H groups in total. The Bertz CT molecular complexity index is 1050. The zero-order chi connectivity index (χ0) is 22.4. The topological polar surface area (TPSA) is 98.8 Å². The molecule has 1 fully saturated rings. The van der Waals surface area contributed by atoms with Gasteiger partial charge in [-0.2, -0.15) is 0 Å². The van der Waals surface area contributed by atoms with Crippen LogP contribution in [0, 0.1) is 0 Å². The van der Waals surface area contributed by atoms with E-state index in [2.05, 4.69) is 4.72 Å². The summed E-state index contributed by atoms with van der Waals surface area (Å²) < 4.78 is 38.2. The number of rotatable bonds is 9. The lowest BCUT2D eigenvalue weighted by atomic mass is 10.1. The van der Waals surface area contributed by atoms with Gasteiger partial charge in [0.15, 0.2) is 12.4 Å². The first-order chi connectivity index (χ1) is 14.8. The van der Waals surface area contributed by atoms with Crippen molar-refractivity contribution in [3.63, 3.8) is 0 Å². The maximum absolute atomic E-state index is 12.6. The van der Waals surface area contributed by atoms with Gasteiger partial charge in [0.25, 0.3) is 0 Å². The number of sulfonamides is 1. The van der Waals surface area contributed by atoms with Crippen LogP contribution in [-0.2, 0) is 25.9 Å². The van der Waals surface area contributed by atoms with Crippen LogP contribution in [0.25, 0.3) is 0 Å². The van der Waals surface area contributed by atoms with Crippen LogP contribution in [0.3, 0.4) is 0 Å². The van der Waals surface area contributed by atoms with Crippen molar-refractivity contribution < 1.29 is 27.5 Å². The molecule has 0 spiro atoms. The summed E-state index contributed by atoms with van der Waals surface area (Å²) >= 11 is 6.06. The lowest BCUT2D eigenvalue weighted by molar-refractivity contribution is 0.0474. The fourth-order valence-electron chi connectivity index (χ4n) is 3.15. The highest BCUT2D eigenvalue weighted by Crippen LogP contribution is 2.23. The van der Waals surface area contributed by atoms with Crippen molar-refractivity contribution >= 4 is 33.4 Å². The number of aryl methyl sites for hydroxylation is 1. The molecule has 0 aromatic heterocycles. The zero-order valence-electron chi connectivity index (χ0n) is 17.1. The van der Waals surface area contributed by atoms with Crippen LogP contribution in [0.15, 0.2) is 47.4 Å². The Morgan fingerprint density at radius 3 is 2.52 bits per heavy atom. The highest BCUT2D eigenvalue weighted by atomic mass is 35.5. The number of ketones is 1. The number of ether oxygens (including phenoxy) is 2. The monoisotopic (exact) mass is 465 g/mol. The molecule has 31 heavy (non-hydrogen) atoms. The summed E-state index contributed by atoms with van der Waals surface area (Å²) in [6.07, 6.45) is 2.33. The average molecular weight is 466 g/mol. The van der Waals surface area contributed by atoms with E-state index in [1.165, 1.54) is 12.1 Å². The summed E-state index contributed by atoms with van der Waals surface area (Å²) in [6.45, 7) is 2.29. The quantitative estimate of drug-likeness (QED) is 0.450. The number of benzene rings is 2. The number of hydrogen-bond donors (Lipinski definition) is 1. The Labute approximate surface area is 186 Å². The second-order valence-corrected chi connectivity index (χ2v) is 9.32. The van der Waals surface area contributed by atoms with Crippen molar-refractivity contribution in [1.29, 1.82) is 0 Å². The maximum atomic E-state index is 12.6. The van der Waals surface area contributed by atoms with E-state index in [1.807, 2.05) is 19.1 Å². The molecule has 1 aliphatic heterocycles. The molecule has 0 amide bonds. The van der Waals surface area contributed by atoms with Gasteiger partial charge in [0.2, 0.25) is 10.0 Å². The zero-order valence-corrected chi connectivity index (χ0v) is 18.7. The number of hydrogen-bond acceptors (Lipinski definition) is 6. The summed E-state index contributed by atoms with van der Waals surface area (Å²) in [5, 5.41) is -0.0246. The molecule has 1 heterocycles. The van der Waals surface area contributed by atoms with Gasteiger partial charge in [-0.25, -0.2) is 17.9 Å². The minimum atomic E-state index is -3.95. The second kappa shape index (κ2) is 10.4. The van der Waals surface area contributed by atoms with E-state index in [9.17, 15) is 18.0 Å². The summed E-state index contributed by atoms with van der Waals surface area (Å²) in [7, 11) is -3.95. The largest absolute Gasteiger partial charge is 0.454 e. The lowest BCUT2D eigenvalue weighted by Gasteiger charge is -2.13. The molecule has 0 bridgehead atoms. The fourth-order valence-corrected chi connectivity index (χ4v) is 4.74. The number of carbonyl (C=O) groups excluding carboxylic acids is 2. The lowest BCUT2D eigenvalue weighted by Crippen LogP contribution is -2.32. The standard InChI is InChI=1S/C22H24ClNO6S/c1-2-15-5-7-16(8-6-15)20(25)14-30-22(26)17-9-10-19(23)21(12-17)31(27,28)24-13-18-4-3-11-29-18/h5-10,12,18,24H,2-4,11,13-14H2,1H3. The Hall–Kier alpha value is -2.26. The van der Waals surface area contributed by atoms with Crippen LogP contribution in [-0.4, -0.2) is 46.0 Å². The predicted octanol–water partition coefficient (Wildman–Crippen LogP) is 3.40. The Morgan fingerprint density at radius 2 is 1.87 bits per heavy atom. The van der Waals surface area contributed by atoms with Gasteiger partial charge < -0.3 is 9.47 Å². The number of halogens is 1. The summed E-state index contributed by atoms with van der Waals surface area (Å²) in [5.74, 6) is -1.16. The third-order valence-corrected chi connectivity index (χ3v) is 6.91. The van der Waals surface area contributed by atoms with Gasteiger partial charge in [0.1, 0.15) is 4.90 Å². The minimum absolute atomic E-state index is 0.0176. The van der Waals surface area contributed by atoms with Crippen molar-refractivity contribution in [1.82, 2.24) is 4.72 Å². The third-order valence-electron chi connectivity index (χ3n) is 5.00. The van der Waals surface area contributed by atoms with Gasteiger partial charge in [-0.3, -0.25) is 4.79 Å². The molecule has 3 rings (SSSR count). The van der Waals surface area contributed by atoms with E-state index < -0.39 is 22.6 Å².